The third-order valence-electron chi connectivity index (χ3n) is 5.31. The van der Waals surface area contributed by atoms with Crippen LogP contribution in [0.3, 0.4) is 0 Å². The van der Waals surface area contributed by atoms with Crippen molar-refractivity contribution in [1.82, 2.24) is 14.2 Å². The maximum atomic E-state index is 12.0. The van der Waals surface area contributed by atoms with E-state index < -0.39 is 10.0 Å². The van der Waals surface area contributed by atoms with Gasteiger partial charge in [0.15, 0.2) is 0 Å². The van der Waals surface area contributed by atoms with E-state index in [1.54, 1.807) is 22.8 Å². The van der Waals surface area contributed by atoms with E-state index >= 15 is 0 Å². The van der Waals surface area contributed by atoms with Crippen molar-refractivity contribution in [2.24, 2.45) is 11.3 Å². The second-order valence-corrected chi connectivity index (χ2v) is 9.73. The van der Waals surface area contributed by atoms with Crippen molar-refractivity contribution in [2.45, 2.75) is 19.4 Å². The number of thiazole rings is 1. The molecule has 0 aromatic carbocycles. The predicted molar refractivity (Wildman–Crippen MR) is 90.8 cm³/mol. The first-order chi connectivity index (χ1) is 10.9. The molecule has 0 radical (unpaired) electrons. The third-order valence-corrected chi connectivity index (χ3v) is 7.29. The van der Waals surface area contributed by atoms with Crippen LogP contribution in [-0.2, 0) is 21.3 Å². The Hall–Kier alpha value is -0.540. The lowest BCUT2D eigenvalue weighted by molar-refractivity contribution is 0.0357. The molecule has 0 saturated carbocycles. The van der Waals surface area contributed by atoms with Gasteiger partial charge < -0.3 is 4.74 Å². The van der Waals surface area contributed by atoms with Crippen LogP contribution in [0.5, 0.6) is 0 Å². The SMILES string of the molecule is COC[C@H]1CN(S(C)(=O)=O)CC12CCN(Cc1nccs1)CC2. The summed E-state index contributed by atoms with van der Waals surface area (Å²) in [4.78, 5) is 6.79. The highest BCUT2D eigenvalue weighted by atomic mass is 32.2. The molecule has 130 valence electrons. The molecule has 8 heteroatoms. The first kappa shape index (κ1) is 17.3. The van der Waals surface area contributed by atoms with Crippen molar-refractivity contribution in [3.05, 3.63) is 16.6 Å². The molecular formula is C15H25N3O3S2. The van der Waals surface area contributed by atoms with Gasteiger partial charge in [0.1, 0.15) is 5.01 Å². The summed E-state index contributed by atoms with van der Waals surface area (Å²) in [5.41, 5.74) is 0.0679. The van der Waals surface area contributed by atoms with Gasteiger partial charge in [-0.05, 0) is 31.3 Å². The van der Waals surface area contributed by atoms with Gasteiger partial charge in [0.25, 0.3) is 0 Å². The zero-order valence-electron chi connectivity index (χ0n) is 13.8. The van der Waals surface area contributed by atoms with E-state index in [9.17, 15) is 8.42 Å². The molecule has 2 aliphatic heterocycles. The predicted octanol–water partition coefficient (Wildman–Crippen LogP) is 1.26. The number of sulfonamides is 1. The average molecular weight is 360 g/mol. The van der Waals surface area contributed by atoms with Crippen LogP contribution in [-0.4, -0.2) is 68.8 Å². The molecule has 2 saturated heterocycles. The topological polar surface area (TPSA) is 62.7 Å². The van der Waals surface area contributed by atoms with E-state index in [1.807, 2.05) is 11.6 Å². The van der Waals surface area contributed by atoms with Gasteiger partial charge in [-0.2, -0.15) is 0 Å². The molecule has 1 spiro atoms. The maximum absolute atomic E-state index is 12.0. The van der Waals surface area contributed by atoms with Crippen LogP contribution in [0.2, 0.25) is 0 Å². The Balaban J connectivity index is 1.66. The van der Waals surface area contributed by atoms with Crippen LogP contribution < -0.4 is 0 Å². The molecule has 0 amide bonds. The lowest BCUT2D eigenvalue weighted by Gasteiger charge is -2.42. The number of hydrogen-bond donors (Lipinski definition) is 0. The van der Waals surface area contributed by atoms with Crippen LogP contribution in [0.1, 0.15) is 17.8 Å². The highest BCUT2D eigenvalue weighted by Gasteiger charge is 2.50. The number of rotatable bonds is 5. The second-order valence-electron chi connectivity index (χ2n) is 6.77. The molecule has 0 aliphatic carbocycles. The van der Waals surface area contributed by atoms with Crippen LogP contribution in [0.15, 0.2) is 11.6 Å². The Kier molecular flexibility index (Phi) is 5.08. The Bertz CT molecular complexity index is 610. The molecule has 1 aromatic heterocycles. The molecule has 3 heterocycles. The van der Waals surface area contributed by atoms with E-state index in [2.05, 4.69) is 9.88 Å². The zero-order chi connectivity index (χ0) is 16.5. The van der Waals surface area contributed by atoms with Crippen molar-refractivity contribution in [1.29, 1.82) is 0 Å². The second kappa shape index (κ2) is 6.76. The zero-order valence-corrected chi connectivity index (χ0v) is 15.4. The van der Waals surface area contributed by atoms with Gasteiger partial charge >= 0.3 is 0 Å². The molecule has 0 bridgehead atoms. The fraction of sp³-hybridized carbons (Fsp3) is 0.800. The molecule has 2 fully saturated rings. The molecular weight excluding hydrogens is 334 g/mol. The van der Waals surface area contributed by atoms with E-state index in [1.165, 1.54) is 6.26 Å². The van der Waals surface area contributed by atoms with Gasteiger partial charge in [-0.1, -0.05) is 0 Å². The van der Waals surface area contributed by atoms with Gasteiger partial charge in [-0.3, -0.25) is 4.90 Å². The minimum atomic E-state index is -3.13. The number of likely N-dealkylation sites (tertiary alicyclic amines) is 1. The summed E-state index contributed by atoms with van der Waals surface area (Å²) in [6.07, 6.45) is 5.21. The average Bonchev–Trinajstić information content (AvgIpc) is 3.11. The fourth-order valence-electron chi connectivity index (χ4n) is 3.91. The van der Waals surface area contributed by atoms with Crippen molar-refractivity contribution >= 4 is 21.4 Å². The highest BCUT2D eigenvalue weighted by Crippen LogP contribution is 2.45. The van der Waals surface area contributed by atoms with Crippen molar-refractivity contribution in [3.63, 3.8) is 0 Å². The number of ether oxygens (including phenoxy) is 1. The molecule has 3 rings (SSSR count). The monoisotopic (exact) mass is 359 g/mol. The smallest absolute Gasteiger partial charge is 0.211 e. The third kappa shape index (κ3) is 3.76. The van der Waals surface area contributed by atoms with Crippen LogP contribution in [0.25, 0.3) is 0 Å². The lowest BCUT2D eigenvalue weighted by atomic mass is 9.71. The summed E-state index contributed by atoms with van der Waals surface area (Å²) in [5.74, 6) is 0.296. The van der Waals surface area contributed by atoms with E-state index in [4.69, 9.17) is 4.74 Å². The van der Waals surface area contributed by atoms with Crippen molar-refractivity contribution in [2.75, 3.05) is 46.2 Å². The van der Waals surface area contributed by atoms with Gasteiger partial charge in [0.2, 0.25) is 10.0 Å². The summed E-state index contributed by atoms with van der Waals surface area (Å²) in [7, 11) is -1.43. The molecule has 0 N–H and O–H groups in total. The number of piperidine rings is 1. The standard InChI is InChI=1S/C15H25N3O3S2/c1-21-11-13-9-18(23(2,19)20)12-15(13)3-6-17(7-4-15)10-14-16-5-8-22-14/h5,8,13H,3-4,6-7,9-12H2,1-2H3/t13-/m1/s1. The fourth-order valence-corrected chi connectivity index (χ4v) is 5.51. The van der Waals surface area contributed by atoms with Crippen molar-refractivity contribution < 1.29 is 13.2 Å². The Morgan fingerprint density at radius 3 is 2.74 bits per heavy atom. The largest absolute Gasteiger partial charge is 0.384 e. The van der Waals surface area contributed by atoms with Gasteiger partial charge in [-0.15, -0.1) is 11.3 Å². The highest BCUT2D eigenvalue weighted by molar-refractivity contribution is 7.88. The minimum absolute atomic E-state index is 0.0679. The molecule has 6 nitrogen and oxygen atoms in total. The lowest BCUT2D eigenvalue weighted by Crippen LogP contribution is -2.45. The van der Waals surface area contributed by atoms with Crippen LogP contribution in [0, 0.1) is 11.3 Å². The summed E-state index contributed by atoms with van der Waals surface area (Å²) in [6, 6.07) is 0. The number of aromatic nitrogens is 1. The Labute approximate surface area is 142 Å². The summed E-state index contributed by atoms with van der Waals surface area (Å²) < 4.78 is 30.9. The van der Waals surface area contributed by atoms with E-state index in [0.29, 0.717) is 25.6 Å². The summed E-state index contributed by atoms with van der Waals surface area (Å²) >= 11 is 1.69. The summed E-state index contributed by atoms with van der Waals surface area (Å²) in [6.45, 7) is 4.77. The Morgan fingerprint density at radius 2 is 2.17 bits per heavy atom. The van der Waals surface area contributed by atoms with Gasteiger partial charge in [-0.25, -0.2) is 17.7 Å². The molecule has 1 atom stereocenters. The summed E-state index contributed by atoms with van der Waals surface area (Å²) in [5, 5.41) is 3.16. The van der Waals surface area contributed by atoms with Crippen LogP contribution in [0.4, 0.5) is 0 Å². The quantitative estimate of drug-likeness (QED) is 0.792. The van der Waals surface area contributed by atoms with Crippen molar-refractivity contribution in [3.8, 4) is 0 Å². The number of hydrogen-bond acceptors (Lipinski definition) is 6. The van der Waals surface area contributed by atoms with Gasteiger partial charge in [0.05, 0.1) is 19.4 Å². The number of methoxy groups -OCH3 is 1. The molecule has 2 aliphatic rings. The van der Waals surface area contributed by atoms with E-state index in [0.717, 1.165) is 37.5 Å². The first-order valence-corrected chi connectivity index (χ1v) is 10.7. The normalized spacial score (nSPS) is 26.1. The van der Waals surface area contributed by atoms with Gasteiger partial charge in [0, 0.05) is 37.7 Å². The van der Waals surface area contributed by atoms with Crippen LogP contribution >= 0.6 is 11.3 Å². The van der Waals surface area contributed by atoms with E-state index in [-0.39, 0.29) is 5.41 Å². The molecule has 23 heavy (non-hydrogen) atoms. The molecule has 0 unspecified atom stereocenters. The number of nitrogens with zero attached hydrogens (tertiary/aromatic N) is 3. The maximum Gasteiger partial charge on any atom is 0.211 e. The minimum Gasteiger partial charge on any atom is -0.384 e. The molecule has 1 aromatic rings. The Morgan fingerprint density at radius 1 is 1.43 bits per heavy atom. The first-order valence-electron chi connectivity index (χ1n) is 7.98.